The molecule has 0 heterocycles. The fourth-order valence-electron chi connectivity index (χ4n) is 0.797. The van der Waals surface area contributed by atoms with Crippen molar-refractivity contribution >= 4 is 5.97 Å². The van der Waals surface area contributed by atoms with Gasteiger partial charge in [0.2, 0.25) is 0 Å². The first-order valence-electron chi connectivity index (χ1n) is 3.84. The van der Waals surface area contributed by atoms with Crippen molar-refractivity contribution in [2.24, 2.45) is 0 Å². The van der Waals surface area contributed by atoms with E-state index in [1.54, 1.807) is 0 Å². The van der Waals surface area contributed by atoms with E-state index in [2.05, 4.69) is 0 Å². The third-order valence-electron chi connectivity index (χ3n) is 1.43. The molecule has 0 bridgehead atoms. The molecule has 1 rings (SSSR count). The molecule has 0 radical (unpaired) electrons. The number of aromatic carboxylic acids is 1. The van der Waals surface area contributed by atoms with Gasteiger partial charge in [-0.05, 0) is 18.2 Å². The van der Waals surface area contributed by atoms with Crippen LogP contribution in [0.25, 0.3) is 0 Å². The van der Waals surface area contributed by atoms with Gasteiger partial charge in [0.15, 0.2) is 0 Å². The zero-order chi connectivity index (χ0) is 11.8. The van der Waals surface area contributed by atoms with Crippen LogP contribution in [0.5, 0.6) is 0 Å². The molecule has 0 fully saturated rings. The average molecular weight is 209 g/mol. The number of benzene rings is 1. The molecule has 0 saturated carbocycles. The first kappa shape index (κ1) is 8.98. The van der Waals surface area contributed by atoms with E-state index in [0.717, 1.165) is 0 Å². The maximum Gasteiger partial charge on any atom is 0.416 e. The van der Waals surface area contributed by atoms with Crippen molar-refractivity contribution in [3.05, 3.63) is 35.1 Å². The van der Waals surface area contributed by atoms with Gasteiger partial charge in [-0.15, -0.1) is 0 Å². The Bertz CT molecular complexity index is 391. The van der Waals surface area contributed by atoms with Crippen LogP contribution in [0.15, 0.2) is 18.2 Å². The molecule has 0 aliphatic rings. The van der Waals surface area contributed by atoms with Crippen LogP contribution in [-0.4, -0.2) is 11.1 Å². The number of halogens is 4. The Labute approximate surface area is 77.2 Å². The highest BCUT2D eigenvalue weighted by Gasteiger charge is 2.31. The molecule has 14 heavy (non-hydrogen) atoms. The van der Waals surface area contributed by atoms with E-state index in [0.29, 0.717) is 0 Å². The number of hydrogen-bond donors (Lipinski definition) is 1. The lowest BCUT2D eigenvalue weighted by Gasteiger charge is -2.06. The van der Waals surface area contributed by atoms with Crippen LogP contribution in [0.3, 0.4) is 0 Å². The molecule has 0 atom stereocenters. The number of hydrogen-bond acceptors (Lipinski definition) is 1. The molecule has 0 spiro atoms. The van der Waals surface area contributed by atoms with Gasteiger partial charge in [-0.1, -0.05) is 0 Å². The highest BCUT2D eigenvalue weighted by Crippen LogP contribution is 2.30. The standard InChI is InChI=1S/C8H4F4O2/c9-6-3-4(8(10,11)12)1-2-5(6)7(13)14/h1-3H,(H,13,14)/i2D. The van der Waals surface area contributed by atoms with E-state index in [1.165, 1.54) is 0 Å². The van der Waals surface area contributed by atoms with Gasteiger partial charge in [0, 0.05) is 0 Å². The Morgan fingerprint density at radius 2 is 2.07 bits per heavy atom. The SMILES string of the molecule is [2H]c1cc(C(F)(F)F)cc(F)c1C(=O)O. The normalized spacial score (nSPS) is 12.4. The molecule has 0 aliphatic carbocycles. The maximum atomic E-state index is 12.9. The molecule has 1 N–H and O–H groups in total. The topological polar surface area (TPSA) is 37.3 Å². The minimum Gasteiger partial charge on any atom is -0.478 e. The monoisotopic (exact) mass is 209 g/mol. The summed E-state index contributed by atoms with van der Waals surface area (Å²) < 4.78 is 56.1. The Kier molecular flexibility index (Phi) is 2.11. The quantitative estimate of drug-likeness (QED) is 0.721. The number of carboxylic acids is 1. The van der Waals surface area contributed by atoms with E-state index in [4.69, 9.17) is 6.48 Å². The van der Waals surface area contributed by atoms with Crippen molar-refractivity contribution in [3.63, 3.8) is 0 Å². The largest absolute Gasteiger partial charge is 0.478 e. The summed E-state index contributed by atoms with van der Waals surface area (Å²) in [5, 5.41) is 8.40. The molecule has 0 amide bonds. The van der Waals surface area contributed by atoms with Crippen LogP contribution in [0.4, 0.5) is 17.6 Å². The summed E-state index contributed by atoms with van der Waals surface area (Å²) >= 11 is 0. The van der Waals surface area contributed by atoms with Crippen molar-refractivity contribution in [2.75, 3.05) is 0 Å². The number of rotatable bonds is 1. The van der Waals surface area contributed by atoms with Crippen LogP contribution in [0, 0.1) is 5.82 Å². The molecule has 0 unspecified atom stereocenters. The lowest BCUT2D eigenvalue weighted by molar-refractivity contribution is -0.137. The van der Waals surface area contributed by atoms with E-state index in [1.807, 2.05) is 0 Å². The van der Waals surface area contributed by atoms with Crippen LogP contribution in [0.2, 0.25) is 0 Å². The summed E-state index contributed by atoms with van der Waals surface area (Å²) in [6.45, 7) is 0. The molecule has 0 aromatic heterocycles. The molecule has 0 aliphatic heterocycles. The van der Waals surface area contributed by atoms with Crippen molar-refractivity contribution in [3.8, 4) is 0 Å². The van der Waals surface area contributed by atoms with Crippen LogP contribution < -0.4 is 0 Å². The Morgan fingerprint density at radius 1 is 1.50 bits per heavy atom. The maximum absolute atomic E-state index is 12.9. The molecule has 1 aromatic carbocycles. The van der Waals surface area contributed by atoms with Crippen LogP contribution in [0.1, 0.15) is 17.3 Å². The zero-order valence-corrected chi connectivity index (χ0v) is 6.52. The number of carbonyl (C=O) groups is 1. The van der Waals surface area contributed by atoms with Crippen molar-refractivity contribution < 1.29 is 28.8 Å². The zero-order valence-electron chi connectivity index (χ0n) is 7.52. The highest BCUT2D eigenvalue weighted by atomic mass is 19.4. The predicted molar refractivity (Wildman–Crippen MR) is 38.4 cm³/mol. The van der Waals surface area contributed by atoms with Gasteiger partial charge in [-0.2, -0.15) is 13.2 Å². The molecule has 76 valence electrons. The number of carboxylic acid groups (broad SMARTS) is 1. The van der Waals surface area contributed by atoms with E-state index >= 15 is 0 Å². The van der Waals surface area contributed by atoms with E-state index in [9.17, 15) is 22.4 Å². The Morgan fingerprint density at radius 3 is 2.43 bits per heavy atom. The van der Waals surface area contributed by atoms with Gasteiger partial charge in [0.1, 0.15) is 5.82 Å². The van der Waals surface area contributed by atoms with Gasteiger partial charge in [0.25, 0.3) is 0 Å². The minimum absolute atomic E-state index is 0.0570. The van der Waals surface area contributed by atoms with E-state index in [-0.39, 0.29) is 12.1 Å². The van der Waals surface area contributed by atoms with Gasteiger partial charge >= 0.3 is 12.1 Å². The van der Waals surface area contributed by atoms with Crippen molar-refractivity contribution in [1.82, 2.24) is 0 Å². The van der Waals surface area contributed by atoms with Crippen LogP contribution in [-0.2, 0) is 6.18 Å². The third-order valence-corrected chi connectivity index (χ3v) is 1.43. The molecular weight excluding hydrogens is 204 g/mol. The lowest BCUT2D eigenvalue weighted by atomic mass is 10.1. The summed E-state index contributed by atoms with van der Waals surface area (Å²) in [4.78, 5) is 10.4. The summed E-state index contributed by atoms with van der Waals surface area (Å²) in [7, 11) is 0. The summed E-state index contributed by atoms with van der Waals surface area (Å²) in [5.41, 5.74) is -2.45. The second-order valence-corrected chi connectivity index (χ2v) is 2.41. The van der Waals surface area contributed by atoms with Gasteiger partial charge in [0.05, 0.1) is 12.5 Å². The smallest absolute Gasteiger partial charge is 0.416 e. The van der Waals surface area contributed by atoms with Crippen molar-refractivity contribution in [2.45, 2.75) is 6.18 Å². The second-order valence-electron chi connectivity index (χ2n) is 2.41. The number of alkyl halides is 3. The van der Waals surface area contributed by atoms with E-state index < -0.39 is 35.1 Å². The Balaban J connectivity index is 3.39. The highest BCUT2D eigenvalue weighted by molar-refractivity contribution is 5.87. The fourth-order valence-corrected chi connectivity index (χ4v) is 0.797. The minimum atomic E-state index is -4.80. The average Bonchev–Trinajstić information content (AvgIpc) is 1.99. The predicted octanol–water partition coefficient (Wildman–Crippen LogP) is 2.54. The summed E-state index contributed by atoms with van der Waals surface area (Å²) in [5.74, 6) is -3.34. The van der Waals surface area contributed by atoms with Gasteiger partial charge < -0.3 is 5.11 Å². The second kappa shape index (κ2) is 3.28. The van der Waals surface area contributed by atoms with Crippen LogP contribution >= 0.6 is 0 Å². The summed E-state index contributed by atoms with van der Waals surface area (Å²) in [6, 6.07) is -0.677. The lowest BCUT2D eigenvalue weighted by Crippen LogP contribution is -2.08. The third kappa shape index (κ3) is 2.01. The molecule has 0 saturated heterocycles. The van der Waals surface area contributed by atoms with Gasteiger partial charge in [-0.25, -0.2) is 9.18 Å². The molecule has 1 aromatic rings. The first-order valence-corrected chi connectivity index (χ1v) is 3.34. The first-order chi connectivity index (χ1) is 6.73. The fraction of sp³-hybridized carbons (Fsp3) is 0.125. The van der Waals surface area contributed by atoms with Gasteiger partial charge in [-0.3, -0.25) is 0 Å². The van der Waals surface area contributed by atoms with Crippen molar-refractivity contribution in [1.29, 1.82) is 0 Å². The molecule has 6 heteroatoms. The molecule has 2 nitrogen and oxygen atoms in total. The Hall–Kier alpha value is -1.59. The summed E-state index contributed by atoms with van der Waals surface area (Å²) in [6.07, 6.45) is -4.80. The molecular formula is C8H4F4O2.